The van der Waals surface area contributed by atoms with Gasteiger partial charge >= 0.3 is 0 Å². The van der Waals surface area contributed by atoms with Gasteiger partial charge in [-0.25, -0.2) is 0 Å². The topological polar surface area (TPSA) is 52.3 Å². The molecule has 0 aromatic heterocycles. The Hall–Kier alpha value is -1.19. The molecule has 1 rings (SSSR count). The maximum atomic E-state index is 11.6. The normalized spacial score (nSPS) is 10.3. The van der Waals surface area contributed by atoms with Gasteiger partial charge in [0.2, 0.25) is 0 Å². The Balaban J connectivity index is 2.37. The molecule has 0 aliphatic carbocycles. The SMILES string of the molecule is Cc1ccc(C(=O)COCCCN)cc1. The second-order valence-electron chi connectivity index (χ2n) is 3.48. The maximum Gasteiger partial charge on any atom is 0.188 e. The highest BCUT2D eigenvalue weighted by atomic mass is 16.5. The lowest BCUT2D eigenvalue weighted by atomic mass is 10.1. The molecule has 82 valence electrons. The Morgan fingerprint density at radius 1 is 1.33 bits per heavy atom. The minimum absolute atomic E-state index is 0.0204. The number of benzene rings is 1. The molecule has 0 aliphatic heterocycles. The summed E-state index contributed by atoms with van der Waals surface area (Å²) in [5.74, 6) is 0.0204. The van der Waals surface area contributed by atoms with Crippen molar-refractivity contribution >= 4 is 5.78 Å². The van der Waals surface area contributed by atoms with Crippen LogP contribution in [0.1, 0.15) is 22.3 Å². The first-order valence-electron chi connectivity index (χ1n) is 5.11. The first-order valence-corrected chi connectivity index (χ1v) is 5.11. The number of ketones is 1. The van der Waals surface area contributed by atoms with Gasteiger partial charge in [0.25, 0.3) is 0 Å². The molecule has 1 aromatic carbocycles. The highest BCUT2D eigenvalue weighted by molar-refractivity contribution is 5.97. The summed E-state index contributed by atoms with van der Waals surface area (Å²) >= 11 is 0. The van der Waals surface area contributed by atoms with Crippen molar-refractivity contribution in [3.8, 4) is 0 Å². The summed E-state index contributed by atoms with van der Waals surface area (Å²) < 4.78 is 5.19. The molecule has 0 radical (unpaired) electrons. The molecule has 0 amide bonds. The molecule has 0 atom stereocenters. The van der Waals surface area contributed by atoms with Crippen molar-refractivity contribution in [1.29, 1.82) is 0 Å². The molecule has 15 heavy (non-hydrogen) atoms. The number of rotatable bonds is 6. The van der Waals surface area contributed by atoms with E-state index in [1.54, 1.807) is 0 Å². The van der Waals surface area contributed by atoms with Crippen LogP contribution in [0.5, 0.6) is 0 Å². The van der Waals surface area contributed by atoms with Crippen molar-refractivity contribution in [2.24, 2.45) is 5.73 Å². The molecule has 0 spiro atoms. The third-order valence-electron chi connectivity index (χ3n) is 2.10. The minimum Gasteiger partial charge on any atom is -0.373 e. The van der Waals surface area contributed by atoms with Crippen LogP contribution in [0.25, 0.3) is 0 Å². The van der Waals surface area contributed by atoms with Gasteiger partial charge in [0.1, 0.15) is 6.61 Å². The zero-order valence-corrected chi connectivity index (χ0v) is 9.03. The average molecular weight is 207 g/mol. The van der Waals surface area contributed by atoms with Gasteiger partial charge in [-0.3, -0.25) is 4.79 Å². The van der Waals surface area contributed by atoms with E-state index in [0.717, 1.165) is 12.0 Å². The van der Waals surface area contributed by atoms with E-state index in [0.29, 0.717) is 18.7 Å². The second kappa shape index (κ2) is 6.32. The molecule has 3 nitrogen and oxygen atoms in total. The summed E-state index contributed by atoms with van der Waals surface area (Å²) in [6, 6.07) is 7.49. The molecular formula is C12H17NO2. The Kier molecular flexibility index (Phi) is 5.01. The zero-order chi connectivity index (χ0) is 11.1. The molecule has 2 N–H and O–H groups in total. The third kappa shape index (κ3) is 4.23. The van der Waals surface area contributed by atoms with Crippen LogP contribution in [-0.4, -0.2) is 25.5 Å². The highest BCUT2D eigenvalue weighted by Gasteiger charge is 2.04. The number of carbonyl (C=O) groups is 1. The standard InChI is InChI=1S/C12H17NO2/c1-10-3-5-11(6-4-10)12(14)9-15-8-2-7-13/h3-6H,2,7-9,13H2,1H3. The van der Waals surface area contributed by atoms with Crippen molar-refractivity contribution < 1.29 is 9.53 Å². The number of aryl methyl sites for hydroxylation is 1. The number of carbonyl (C=O) groups excluding carboxylic acids is 1. The van der Waals surface area contributed by atoms with Gasteiger partial charge < -0.3 is 10.5 Å². The Morgan fingerprint density at radius 3 is 2.60 bits per heavy atom. The van der Waals surface area contributed by atoms with E-state index in [-0.39, 0.29) is 12.4 Å². The van der Waals surface area contributed by atoms with Crippen molar-refractivity contribution in [2.75, 3.05) is 19.8 Å². The lowest BCUT2D eigenvalue weighted by Crippen LogP contribution is -2.11. The van der Waals surface area contributed by atoms with Crippen LogP contribution >= 0.6 is 0 Å². The fourth-order valence-electron chi connectivity index (χ4n) is 1.17. The van der Waals surface area contributed by atoms with E-state index in [1.165, 1.54) is 0 Å². The molecule has 0 aliphatic rings. The van der Waals surface area contributed by atoms with E-state index in [4.69, 9.17) is 10.5 Å². The summed E-state index contributed by atoms with van der Waals surface area (Å²) in [6.45, 7) is 3.28. The van der Waals surface area contributed by atoms with E-state index in [2.05, 4.69) is 0 Å². The number of nitrogens with two attached hydrogens (primary N) is 1. The second-order valence-corrected chi connectivity index (χ2v) is 3.48. The number of hydrogen-bond acceptors (Lipinski definition) is 3. The van der Waals surface area contributed by atoms with Crippen molar-refractivity contribution in [3.05, 3.63) is 35.4 Å². The van der Waals surface area contributed by atoms with Gasteiger partial charge in [0.05, 0.1) is 0 Å². The van der Waals surface area contributed by atoms with Crippen molar-refractivity contribution in [1.82, 2.24) is 0 Å². The predicted octanol–water partition coefficient (Wildman–Crippen LogP) is 1.54. The third-order valence-corrected chi connectivity index (χ3v) is 2.10. The first-order chi connectivity index (χ1) is 7.24. The fraction of sp³-hybridized carbons (Fsp3) is 0.417. The van der Waals surface area contributed by atoms with E-state index in [1.807, 2.05) is 31.2 Å². The lowest BCUT2D eigenvalue weighted by molar-refractivity contribution is 0.0758. The Labute approximate surface area is 90.2 Å². The number of Topliss-reactive ketones (excluding diaryl/α,β-unsaturated/α-hetero) is 1. The summed E-state index contributed by atoms with van der Waals surface area (Å²) in [4.78, 5) is 11.6. The lowest BCUT2D eigenvalue weighted by Gasteiger charge is -2.03. The smallest absolute Gasteiger partial charge is 0.188 e. The average Bonchev–Trinajstić information content (AvgIpc) is 2.25. The largest absolute Gasteiger partial charge is 0.373 e. The van der Waals surface area contributed by atoms with Crippen LogP contribution in [0.4, 0.5) is 0 Å². The van der Waals surface area contributed by atoms with Crippen molar-refractivity contribution in [3.63, 3.8) is 0 Å². The van der Waals surface area contributed by atoms with Crippen molar-refractivity contribution in [2.45, 2.75) is 13.3 Å². The molecule has 3 heteroatoms. The Morgan fingerprint density at radius 2 is 2.00 bits per heavy atom. The molecule has 0 unspecified atom stereocenters. The van der Waals surface area contributed by atoms with Gasteiger partial charge in [-0.2, -0.15) is 0 Å². The Bertz CT molecular complexity index is 306. The summed E-state index contributed by atoms with van der Waals surface area (Å²) in [5, 5.41) is 0. The predicted molar refractivity (Wildman–Crippen MR) is 60.0 cm³/mol. The molecular weight excluding hydrogens is 190 g/mol. The maximum absolute atomic E-state index is 11.6. The zero-order valence-electron chi connectivity index (χ0n) is 9.03. The first kappa shape index (κ1) is 11.9. The molecule has 0 saturated heterocycles. The van der Waals surface area contributed by atoms with E-state index in [9.17, 15) is 4.79 Å². The van der Waals surface area contributed by atoms with Crippen LogP contribution in [0, 0.1) is 6.92 Å². The van der Waals surface area contributed by atoms with Gasteiger partial charge in [0, 0.05) is 12.2 Å². The fourth-order valence-corrected chi connectivity index (χ4v) is 1.17. The molecule has 0 fully saturated rings. The highest BCUT2D eigenvalue weighted by Crippen LogP contribution is 2.04. The quantitative estimate of drug-likeness (QED) is 0.568. The van der Waals surface area contributed by atoms with Crippen LogP contribution in [-0.2, 0) is 4.74 Å². The minimum atomic E-state index is 0.0204. The van der Waals surface area contributed by atoms with E-state index < -0.39 is 0 Å². The van der Waals surface area contributed by atoms with Crippen LogP contribution in [0.15, 0.2) is 24.3 Å². The van der Waals surface area contributed by atoms with Crippen LogP contribution in [0.2, 0.25) is 0 Å². The number of hydrogen-bond donors (Lipinski definition) is 1. The van der Waals surface area contributed by atoms with E-state index >= 15 is 0 Å². The van der Waals surface area contributed by atoms with Gasteiger partial charge in [-0.05, 0) is 19.9 Å². The molecule has 0 bridgehead atoms. The van der Waals surface area contributed by atoms with Gasteiger partial charge in [0.15, 0.2) is 5.78 Å². The summed E-state index contributed by atoms with van der Waals surface area (Å²) in [7, 11) is 0. The van der Waals surface area contributed by atoms with Gasteiger partial charge in [-0.15, -0.1) is 0 Å². The molecule has 0 heterocycles. The summed E-state index contributed by atoms with van der Waals surface area (Å²) in [6.07, 6.45) is 0.793. The summed E-state index contributed by atoms with van der Waals surface area (Å²) in [5.41, 5.74) is 7.16. The van der Waals surface area contributed by atoms with Crippen LogP contribution in [0.3, 0.4) is 0 Å². The number of ether oxygens (including phenoxy) is 1. The molecule has 1 aromatic rings. The monoisotopic (exact) mass is 207 g/mol. The molecule has 0 saturated carbocycles. The van der Waals surface area contributed by atoms with Gasteiger partial charge in [-0.1, -0.05) is 29.8 Å². The van der Waals surface area contributed by atoms with Crippen LogP contribution < -0.4 is 5.73 Å².